The third-order valence-electron chi connectivity index (χ3n) is 4.76. The van der Waals surface area contributed by atoms with Crippen LogP contribution in [0.25, 0.3) is 0 Å². The molecule has 0 amide bonds. The van der Waals surface area contributed by atoms with Gasteiger partial charge in [0.25, 0.3) is 0 Å². The number of hydrogen-bond acceptors (Lipinski definition) is 4. The van der Waals surface area contributed by atoms with Gasteiger partial charge in [-0.25, -0.2) is 0 Å². The number of benzene rings is 1. The second kappa shape index (κ2) is 8.04. The number of methoxy groups -OCH3 is 1. The minimum absolute atomic E-state index is 0.218. The largest absolute Gasteiger partial charge is 0.493 e. The maximum Gasteiger partial charge on any atom is 0.161 e. The normalized spacial score (nSPS) is 18.2. The van der Waals surface area contributed by atoms with Crippen LogP contribution in [0.4, 0.5) is 0 Å². The van der Waals surface area contributed by atoms with Crippen LogP contribution < -0.4 is 9.47 Å². The van der Waals surface area contributed by atoms with Gasteiger partial charge in [-0.15, -0.1) is 0 Å². The van der Waals surface area contributed by atoms with E-state index in [0.717, 1.165) is 37.7 Å². The summed E-state index contributed by atoms with van der Waals surface area (Å²) in [6.45, 7) is 13.6. The van der Waals surface area contributed by atoms with Crippen LogP contribution in [-0.4, -0.2) is 55.7 Å². The molecule has 0 unspecified atom stereocenters. The van der Waals surface area contributed by atoms with E-state index in [1.807, 2.05) is 6.07 Å². The summed E-state index contributed by atoms with van der Waals surface area (Å²) < 4.78 is 11.3. The van der Waals surface area contributed by atoms with Gasteiger partial charge in [0.2, 0.25) is 0 Å². The van der Waals surface area contributed by atoms with Gasteiger partial charge in [0.15, 0.2) is 11.5 Å². The summed E-state index contributed by atoms with van der Waals surface area (Å²) in [4.78, 5) is 4.95. The van der Waals surface area contributed by atoms with E-state index in [1.165, 1.54) is 11.1 Å². The number of nitrogens with zero attached hydrogens (tertiary/aromatic N) is 2. The van der Waals surface area contributed by atoms with Crippen LogP contribution in [0.1, 0.15) is 33.3 Å². The maximum atomic E-state index is 5.81. The zero-order valence-corrected chi connectivity index (χ0v) is 16.1. The molecule has 1 saturated heterocycles. The van der Waals surface area contributed by atoms with Gasteiger partial charge in [0.05, 0.1) is 7.11 Å². The van der Waals surface area contributed by atoms with E-state index in [9.17, 15) is 0 Å². The lowest BCUT2D eigenvalue weighted by Crippen LogP contribution is -2.57. The van der Waals surface area contributed by atoms with E-state index in [-0.39, 0.29) is 5.54 Å². The molecule has 1 aliphatic rings. The van der Waals surface area contributed by atoms with Gasteiger partial charge >= 0.3 is 0 Å². The Labute approximate surface area is 147 Å². The lowest BCUT2D eigenvalue weighted by molar-refractivity contribution is 0.0360. The smallest absolute Gasteiger partial charge is 0.161 e. The van der Waals surface area contributed by atoms with Crippen molar-refractivity contribution in [3.63, 3.8) is 0 Å². The molecule has 0 N–H and O–H groups in total. The molecule has 4 nitrogen and oxygen atoms in total. The molecule has 1 heterocycles. The molecular weight excluding hydrogens is 300 g/mol. The van der Waals surface area contributed by atoms with Crippen LogP contribution >= 0.6 is 0 Å². The molecule has 0 atom stereocenters. The van der Waals surface area contributed by atoms with E-state index in [2.05, 4.69) is 62.8 Å². The van der Waals surface area contributed by atoms with Crippen molar-refractivity contribution in [1.82, 2.24) is 9.80 Å². The zero-order chi connectivity index (χ0) is 17.7. The Bertz CT molecular complexity index is 577. The topological polar surface area (TPSA) is 24.9 Å². The maximum absolute atomic E-state index is 5.81. The molecular formula is C20H32N2O2. The molecule has 1 fully saturated rings. The summed E-state index contributed by atoms with van der Waals surface area (Å²) in [5, 5.41) is 0. The summed E-state index contributed by atoms with van der Waals surface area (Å²) in [5.74, 6) is 1.61. The fraction of sp³-hybridized carbons (Fsp3) is 0.600. The fourth-order valence-corrected chi connectivity index (χ4v) is 2.96. The lowest BCUT2D eigenvalue weighted by atomic mass is 9.99. The minimum Gasteiger partial charge on any atom is -0.493 e. The van der Waals surface area contributed by atoms with E-state index < -0.39 is 0 Å². The Balaban J connectivity index is 2.02. The number of likely N-dealkylation sites (N-methyl/N-ethyl adjacent to an activating group) is 1. The van der Waals surface area contributed by atoms with Crippen molar-refractivity contribution in [2.75, 3.05) is 40.4 Å². The highest BCUT2D eigenvalue weighted by Gasteiger charge is 2.30. The minimum atomic E-state index is 0.218. The van der Waals surface area contributed by atoms with Gasteiger partial charge < -0.3 is 9.47 Å². The number of allylic oxidation sites excluding steroid dienone is 1. The first-order valence-corrected chi connectivity index (χ1v) is 8.68. The van der Waals surface area contributed by atoms with Gasteiger partial charge in [-0.3, -0.25) is 9.80 Å². The molecule has 0 spiro atoms. The molecule has 0 aromatic heterocycles. The Kier molecular flexibility index (Phi) is 6.30. The second-order valence-electron chi connectivity index (χ2n) is 7.52. The van der Waals surface area contributed by atoms with Crippen molar-refractivity contribution in [2.45, 2.75) is 39.8 Å². The molecule has 1 aromatic carbocycles. The average molecular weight is 332 g/mol. The molecule has 24 heavy (non-hydrogen) atoms. The number of ether oxygens (including phenoxy) is 2. The van der Waals surface area contributed by atoms with E-state index in [4.69, 9.17) is 9.47 Å². The summed E-state index contributed by atoms with van der Waals surface area (Å²) in [5.41, 5.74) is 2.74. The Morgan fingerprint density at radius 3 is 2.58 bits per heavy atom. The van der Waals surface area contributed by atoms with Crippen molar-refractivity contribution < 1.29 is 9.47 Å². The first-order valence-electron chi connectivity index (χ1n) is 8.68. The van der Waals surface area contributed by atoms with Gasteiger partial charge in [0, 0.05) is 31.7 Å². The van der Waals surface area contributed by atoms with E-state index in [1.54, 1.807) is 7.11 Å². The summed E-state index contributed by atoms with van der Waals surface area (Å²) in [6, 6.07) is 6.27. The highest BCUT2D eigenvalue weighted by molar-refractivity contribution is 5.43. The monoisotopic (exact) mass is 332 g/mol. The lowest BCUT2D eigenvalue weighted by Gasteiger charge is -2.45. The van der Waals surface area contributed by atoms with Crippen LogP contribution in [0.15, 0.2) is 29.8 Å². The molecule has 4 heteroatoms. The second-order valence-corrected chi connectivity index (χ2v) is 7.52. The third kappa shape index (κ3) is 4.99. The molecule has 0 radical (unpaired) electrons. The first kappa shape index (κ1) is 18.8. The summed E-state index contributed by atoms with van der Waals surface area (Å²) >= 11 is 0. The van der Waals surface area contributed by atoms with E-state index in [0.29, 0.717) is 6.61 Å². The summed E-state index contributed by atoms with van der Waals surface area (Å²) in [6.07, 6.45) is 2.07. The molecule has 1 aliphatic heterocycles. The fourth-order valence-electron chi connectivity index (χ4n) is 2.96. The van der Waals surface area contributed by atoms with Crippen molar-refractivity contribution in [2.24, 2.45) is 0 Å². The van der Waals surface area contributed by atoms with Crippen LogP contribution in [-0.2, 0) is 6.54 Å². The Morgan fingerprint density at radius 1 is 1.21 bits per heavy atom. The van der Waals surface area contributed by atoms with Gasteiger partial charge in [-0.05, 0) is 58.5 Å². The standard InChI is InChI=1S/C20H32N2O2/c1-16(2)9-12-24-18-8-7-17(13-19(18)23-6)14-22-11-10-21(5)20(3,4)15-22/h7-9,13H,10-12,14-15H2,1-6H3. The van der Waals surface area contributed by atoms with Crippen LogP contribution in [0.2, 0.25) is 0 Å². The molecule has 0 bridgehead atoms. The number of piperazine rings is 1. The van der Waals surface area contributed by atoms with Crippen LogP contribution in [0.5, 0.6) is 11.5 Å². The van der Waals surface area contributed by atoms with Crippen molar-refractivity contribution in [3.05, 3.63) is 35.4 Å². The molecule has 134 valence electrons. The third-order valence-corrected chi connectivity index (χ3v) is 4.76. The van der Waals surface area contributed by atoms with Gasteiger partial charge in [0.1, 0.15) is 6.61 Å². The Morgan fingerprint density at radius 2 is 1.96 bits per heavy atom. The van der Waals surface area contributed by atoms with Crippen molar-refractivity contribution in [1.29, 1.82) is 0 Å². The van der Waals surface area contributed by atoms with Crippen molar-refractivity contribution in [3.8, 4) is 11.5 Å². The number of rotatable bonds is 6. The summed E-state index contributed by atoms with van der Waals surface area (Å²) in [7, 11) is 3.91. The predicted octanol–water partition coefficient (Wildman–Crippen LogP) is 3.57. The highest BCUT2D eigenvalue weighted by atomic mass is 16.5. The molecule has 2 rings (SSSR count). The molecule has 0 aliphatic carbocycles. The van der Waals surface area contributed by atoms with Crippen molar-refractivity contribution >= 4 is 0 Å². The highest BCUT2D eigenvalue weighted by Crippen LogP contribution is 2.29. The van der Waals surface area contributed by atoms with Crippen LogP contribution in [0.3, 0.4) is 0 Å². The molecule has 0 saturated carbocycles. The van der Waals surface area contributed by atoms with Gasteiger partial charge in [-0.1, -0.05) is 11.6 Å². The SMILES string of the molecule is COc1cc(CN2CCN(C)C(C)(C)C2)ccc1OCC=C(C)C. The van der Waals surface area contributed by atoms with Crippen LogP contribution in [0, 0.1) is 0 Å². The predicted molar refractivity (Wildman–Crippen MR) is 99.9 cm³/mol. The molecule has 1 aromatic rings. The Hall–Kier alpha value is -1.52. The number of hydrogen-bond donors (Lipinski definition) is 0. The first-order chi connectivity index (χ1) is 11.3. The van der Waals surface area contributed by atoms with E-state index >= 15 is 0 Å². The zero-order valence-electron chi connectivity index (χ0n) is 16.1. The average Bonchev–Trinajstić information content (AvgIpc) is 2.51. The quantitative estimate of drug-likeness (QED) is 0.744. The van der Waals surface area contributed by atoms with Gasteiger partial charge in [-0.2, -0.15) is 0 Å².